The van der Waals surface area contributed by atoms with E-state index in [1.807, 2.05) is 18.5 Å². The summed E-state index contributed by atoms with van der Waals surface area (Å²) in [7, 11) is 0. The van der Waals surface area contributed by atoms with E-state index in [4.69, 9.17) is 19.9 Å². The van der Waals surface area contributed by atoms with Gasteiger partial charge in [-0.2, -0.15) is 0 Å². The van der Waals surface area contributed by atoms with Crippen LogP contribution in [0.3, 0.4) is 0 Å². The number of nitrogens with zero attached hydrogens (tertiary/aromatic N) is 4. The predicted molar refractivity (Wildman–Crippen MR) is 235 cm³/mol. The Bertz CT molecular complexity index is 3190. The Morgan fingerprint density at radius 2 is 1.00 bits per heavy atom. The van der Waals surface area contributed by atoms with Crippen molar-refractivity contribution in [1.82, 2.24) is 19.9 Å². The zero-order valence-electron chi connectivity index (χ0n) is 31.6. The molecule has 1 aliphatic rings. The number of para-hydroxylation sites is 1. The highest BCUT2D eigenvalue weighted by atomic mass is 14.9. The monoisotopic (exact) mass is 728 g/mol. The normalized spacial score (nSPS) is 12.9. The molecule has 4 heteroatoms. The lowest BCUT2D eigenvalue weighted by Crippen LogP contribution is -2.15. The highest BCUT2D eigenvalue weighted by molar-refractivity contribution is 6.19. The minimum Gasteiger partial charge on any atom is -0.255 e. The number of fused-ring (bicyclic) bond motifs is 7. The van der Waals surface area contributed by atoms with Crippen LogP contribution < -0.4 is 0 Å². The van der Waals surface area contributed by atoms with Crippen molar-refractivity contribution in [3.05, 3.63) is 193 Å². The van der Waals surface area contributed by atoms with Crippen LogP contribution in [-0.4, -0.2) is 19.9 Å². The molecule has 0 bridgehead atoms. The van der Waals surface area contributed by atoms with Crippen molar-refractivity contribution in [3.63, 3.8) is 0 Å². The average Bonchev–Trinajstić information content (AvgIpc) is 3.50. The van der Waals surface area contributed by atoms with Crippen molar-refractivity contribution in [1.29, 1.82) is 0 Å². The van der Waals surface area contributed by atoms with E-state index < -0.39 is 0 Å². The minimum atomic E-state index is -0.261. The van der Waals surface area contributed by atoms with E-state index in [2.05, 4.69) is 178 Å². The lowest BCUT2D eigenvalue weighted by molar-refractivity contribution is 0.660. The maximum atomic E-state index is 5.43. The molecule has 0 radical (unpaired) electrons. The zero-order chi connectivity index (χ0) is 38.1. The van der Waals surface area contributed by atoms with Gasteiger partial charge in [0.2, 0.25) is 0 Å². The van der Waals surface area contributed by atoms with Gasteiger partial charge in [-0.05, 0) is 74.8 Å². The molecule has 0 saturated heterocycles. The predicted octanol–water partition coefficient (Wildman–Crippen LogP) is 13.4. The van der Waals surface area contributed by atoms with E-state index in [0.29, 0.717) is 5.82 Å². The summed E-state index contributed by atoms with van der Waals surface area (Å²) in [5, 5.41) is 3.17. The van der Waals surface area contributed by atoms with Crippen LogP contribution in [0, 0.1) is 0 Å². The van der Waals surface area contributed by atoms with E-state index in [9.17, 15) is 0 Å². The van der Waals surface area contributed by atoms with Gasteiger partial charge in [0.25, 0.3) is 0 Å². The summed E-state index contributed by atoms with van der Waals surface area (Å²) >= 11 is 0. The highest BCUT2D eigenvalue weighted by Crippen LogP contribution is 2.51. The van der Waals surface area contributed by atoms with Gasteiger partial charge in [-0.15, -0.1) is 0 Å². The fraction of sp³-hybridized carbons (Fsp3) is 0.0566. The molecule has 0 N–H and O–H groups in total. The summed E-state index contributed by atoms with van der Waals surface area (Å²) in [5.41, 5.74) is 17.5. The van der Waals surface area contributed by atoms with Gasteiger partial charge in [0.05, 0.1) is 22.2 Å². The molecule has 0 amide bonds. The van der Waals surface area contributed by atoms with Crippen LogP contribution in [0.15, 0.2) is 182 Å². The Kier molecular flexibility index (Phi) is 7.48. The van der Waals surface area contributed by atoms with Crippen LogP contribution in [0.5, 0.6) is 0 Å². The fourth-order valence-corrected chi connectivity index (χ4v) is 8.97. The lowest BCUT2D eigenvalue weighted by atomic mass is 9.81. The van der Waals surface area contributed by atoms with Gasteiger partial charge in [0.1, 0.15) is 0 Å². The molecule has 3 heterocycles. The molecule has 3 aromatic heterocycles. The number of pyridine rings is 2. The molecule has 0 aliphatic heterocycles. The Labute approximate surface area is 331 Å². The standard InChI is InChI=1S/C53H36N4/c1-53(2)44-29-36(47-31-42(33-15-6-3-7-16-33)40-21-12-13-23-46(40)56-47)24-26-38(44)39-27-25-37(30-45(39)53)52-55-32-43-50-41(22-14-28-54-50)48(34-17-8-4-9-18-34)49(51(43)57-52)35-19-10-5-11-20-35/h3-32H,1-2H3. The van der Waals surface area contributed by atoms with Crippen LogP contribution in [0.4, 0.5) is 0 Å². The summed E-state index contributed by atoms with van der Waals surface area (Å²) in [6, 6.07) is 60.2. The van der Waals surface area contributed by atoms with Crippen molar-refractivity contribution in [2.75, 3.05) is 0 Å². The number of benzene rings is 7. The van der Waals surface area contributed by atoms with E-state index in [0.717, 1.165) is 71.8 Å². The third-order valence-electron chi connectivity index (χ3n) is 11.8. The summed E-state index contributed by atoms with van der Waals surface area (Å²) in [6.45, 7) is 4.65. The molecule has 0 spiro atoms. The van der Waals surface area contributed by atoms with Crippen LogP contribution in [0.2, 0.25) is 0 Å². The van der Waals surface area contributed by atoms with E-state index in [1.165, 1.54) is 33.4 Å². The molecule has 57 heavy (non-hydrogen) atoms. The second-order valence-corrected chi connectivity index (χ2v) is 15.4. The van der Waals surface area contributed by atoms with Crippen molar-refractivity contribution in [2.24, 2.45) is 0 Å². The van der Waals surface area contributed by atoms with Gasteiger partial charge < -0.3 is 0 Å². The minimum absolute atomic E-state index is 0.261. The quantitative estimate of drug-likeness (QED) is 0.166. The smallest absolute Gasteiger partial charge is 0.159 e. The summed E-state index contributed by atoms with van der Waals surface area (Å²) < 4.78 is 0. The first-order chi connectivity index (χ1) is 28.0. The van der Waals surface area contributed by atoms with Gasteiger partial charge in [-0.1, -0.05) is 153 Å². The Morgan fingerprint density at radius 1 is 0.404 bits per heavy atom. The summed E-state index contributed by atoms with van der Waals surface area (Å²) in [5.74, 6) is 0.693. The highest BCUT2D eigenvalue weighted by Gasteiger charge is 2.36. The van der Waals surface area contributed by atoms with Crippen LogP contribution >= 0.6 is 0 Å². The molecule has 4 nitrogen and oxygen atoms in total. The molecule has 10 aromatic rings. The SMILES string of the molecule is CC1(C)c2cc(-c3cc(-c4ccccc4)c4ccccc4n3)ccc2-c2ccc(-c3ncc4c(n3)c(-c3ccccc3)c(-c3ccccc3)c3cccnc34)cc21. The zero-order valence-corrected chi connectivity index (χ0v) is 31.6. The van der Waals surface area contributed by atoms with Gasteiger partial charge in [-0.3, -0.25) is 4.98 Å². The first-order valence-corrected chi connectivity index (χ1v) is 19.5. The van der Waals surface area contributed by atoms with Crippen LogP contribution in [0.1, 0.15) is 25.0 Å². The van der Waals surface area contributed by atoms with Gasteiger partial charge >= 0.3 is 0 Å². The molecular weight excluding hydrogens is 693 g/mol. The van der Waals surface area contributed by atoms with Crippen LogP contribution in [0.25, 0.3) is 99.9 Å². The third-order valence-corrected chi connectivity index (χ3v) is 11.8. The second kappa shape index (κ2) is 12.9. The molecule has 0 saturated carbocycles. The Morgan fingerprint density at radius 3 is 1.72 bits per heavy atom. The van der Waals surface area contributed by atoms with Gasteiger partial charge in [0, 0.05) is 56.2 Å². The topological polar surface area (TPSA) is 51.6 Å². The van der Waals surface area contributed by atoms with Gasteiger partial charge in [-0.25, -0.2) is 15.0 Å². The fourth-order valence-electron chi connectivity index (χ4n) is 8.97. The Hall–Kier alpha value is -7.30. The molecule has 7 aromatic carbocycles. The van der Waals surface area contributed by atoms with E-state index in [1.54, 1.807) is 0 Å². The molecular formula is C53H36N4. The number of hydrogen-bond acceptors (Lipinski definition) is 4. The first-order valence-electron chi connectivity index (χ1n) is 19.5. The van der Waals surface area contributed by atoms with Gasteiger partial charge in [0.15, 0.2) is 5.82 Å². The molecule has 0 unspecified atom stereocenters. The van der Waals surface area contributed by atoms with E-state index in [-0.39, 0.29) is 5.41 Å². The summed E-state index contributed by atoms with van der Waals surface area (Å²) in [4.78, 5) is 20.6. The second-order valence-electron chi connectivity index (χ2n) is 15.4. The van der Waals surface area contributed by atoms with Crippen molar-refractivity contribution >= 4 is 32.7 Å². The molecule has 11 rings (SSSR count). The average molecular weight is 729 g/mol. The number of aromatic nitrogens is 4. The first kappa shape index (κ1) is 33.1. The lowest BCUT2D eigenvalue weighted by Gasteiger charge is -2.22. The Balaban J connectivity index is 1.05. The summed E-state index contributed by atoms with van der Waals surface area (Å²) in [6.07, 6.45) is 3.82. The molecule has 0 fully saturated rings. The van der Waals surface area contributed by atoms with E-state index >= 15 is 0 Å². The number of rotatable bonds is 5. The maximum absolute atomic E-state index is 5.43. The molecule has 0 atom stereocenters. The van der Waals surface area contributed by atoms with Crippen molar-refractivity contribution in [2.45, 2.75) is 19.3 Å². The molecule has 268 valence electrons. The molecule has 1 aliphatic carbocycles. The van der Waals surface area contributed by atoms with Crippen molar-refractivity contribution in [3.8, 4) is 67.2 Å². The third kappa shape index (κ3) is 5.29. The van der Waals surface area contributed by atoms with Crippen LogP contribution in [-0.2, 0) is 5.41 Å². The van der Waals surface area contributed by atoms with Crippen molar-refractivity contribution < 1.29 is 0 Å². The largest absolute Gasteiger partial charge is 0.255 e. The maximum Gasteiger partial charge on any atom is 0.159 e. The number of hydrogen-bond donors (Lipinski definition) is 0.